The van der Waals surface area contributed by atoms with E-state index in [1.54, 1.807) is 0 Å². The van der Waals surface area contributed by atoms with Gasteiger partial charge in [-0.2, -0.15) is 0 Å². The van der Waals surface area contributed by atoms with E-state index in [1.165, 1.54) is 218 Å². The monoisotopic (exact) mass is 993 g/mol. The number of quaternary nitrogens is 1. The number of carbonyl (C=O) groups excluding carboxylic acids is 2. The van der Waals surface area contributed by atoms with Gasteiger partial charge in [-0.15, -0.1) is 0 Å². The van der Waals surface area contributed by atoms with Gasteiger partial charge in [0, 0.05) is 12.8 Å². The molecule has 0 heterocycles. The summed E-state index contributed by atoms with van der Waals surface area (Å²) in [7, 11) is 5.97. The van der Waals surface area contributed by atoms with Crippen LogP contribution >= 0.6 is 0 Å². The van der Waals surface area contributed by atoms with Gasteiger partial charge in [0.15, 0.2) is 6.10 Å². The zero-order valence-electron chi connectivity index (χ0n) is 47.2. The molecule has 9 nitrogen and oxygen atoms in total. The average molecular weight is 994 g/mol. The third kappa shape index (κ3) is 53.8. The van der Waals surface area contributed by atoms with Crippen molar-refractivity contribution in [2.45, 2.75) is 315 Å². The fraction of sp³-hybridized carbons (Fsp3) is 0.918. The molecule has 0 saturated heterocycles. The normalized spacial score (nSPS) is 12.8. The molecular weight excluding hydrogens is 875 g/mol. The van der Waals surface area contributed by atoms with E-state index in [4.69, 9.17) is 18.9 Å². The molecule has 0 aliphatic carbocycles. The molecule has 2 atom stereocenters. The maximum Gasteiger partial charge on any atom is 0.361 e. The Kier molecular flexibility index (Phi) is 51.8. The van der Waals surface area contributed by atoms with Crippen molar-refractivity contribution in [1.29, 1.82) is 0 Å². The summed E-state index contributed by atoms with van der Waals surface area (Å²) in [5, 5.41) is 9.69. The summed E-state index contributed by atoms with van der Waals surface area (Å²) in [6, 6.07) is 0. The first-order valence-electron chi connectivity index (χ1n) is 30.4. The highest BCUT2D eigenvalue weighted by molar-refractivity contribution is 5.71. The van der Waals surface area contributed by atoms with E-state index in [2.05, 4.69) is 26.0 Å². The van der Waals surface area contributed by atoms with Gasteiger partial charge < -0.3 is 28.5 Å². The Balaban J connectivity index is 4.03. The largest absolute Gasteiger partial charge is 0.477 e. The molecular formula is C61H118NO8+. The van der Waals surface area contributed by atoms with Crippen molar-refractivity contribution in [3.8, 4) is 0 Å². The quantitative estimate of drug-likeness (QED) is 0.0211. The third-order valence-electron chi connectivity index (χ3n) is 13.8. The topological polar surface area (TPSA) is 108 Å². The van der Waals surface area contributed by atoms with Crippen LogP contribution in [0.2, 0.25) is 0 Å². The number of unbranched alkanes of at least 4 members (excludes halogenated alkanes) is 40. The number of carbonyl (C=O) groups is 3. The van der Waals surface area contributed by atoms with Crippen LogP contribution in [0.4, 0.5) is 0 Å². The molecule has 0 radical (unpaired) electrons. The first kappa shape index (κ1) is 68.0. The minimum Gasteiger partial charge on any atom is -0.477 e. The minimum atomic E-state index is -1.51. The summed E-state index contributed by atoms with van der Waals surface area (Å²) in [5.74, 6) is -1.99. The van der Waals surface area contributed by atoms with Crippen LogP contribution < -0.4 is 0 Å². The molecule has 0 aromatic carbocycles. The molecule has 0 aliphatic rings. The molecule has 0 amide bonds. The smallest absolute Gasteiger partial charge is 0.361 e. The van der Waals surface area contributed by atoms with Gasteiger partial charge in [0.05, 0.1) is 34.4 Å². The Morgan fingerprint density at radius 2 is 0.729 bits per heavy atom. The van der Waals surface area contributed by atoms with Crippen LogP contribution in [-0.4, -0.2) is 87.4 Å². The first-order valence-corrected chi connectivity index (χ1v) is 30.4. The molecule has 414 valence electrons. The fourth-order valence-electron chi connectivity index (χ4n) is 9.07. The number of hydrogen-bond donors (Lipinski definition) is 1. The highest BCUT2D eigenvalue weighted by Crippen LogP contribution is 2.18. The minimum absolute atomic E-state index is 0.179. The predicted octanol–water partition coefficient (Wildman–Crippen LogP) is 17.7. The lowest BCUT2D eigenvalue weighted by molar-refractivity contribution is -0.870. The molecule has 0 fully saturated rings. The third-order valence-corrected chi connectivity index (χ3v) is 13.8. The van der Waals surface area contributed by atoms with Crippen LogP contribution in [0.25, 0.3) is 0 Å². The molecule has 0 bridgehead atoms. The second-order valence-electron chi connectivity index (χ2n) is 22.0. The van der Waals surface area contributed by atoms with Crippen LogP contribution in [0.3, 0.4) is 0 Å². The number of carboxylic acids is 1. The van der Waals surface area contributed by atoms with Gasteiger partial charge in [-0.3, -0.25) is 9.59 Å². The van der Waals surface area contributed by atoms with E-state index < -0.39 is 24.3 Å². The van der Waals surface area contributed by atoms with Crippen molar-refractivity contribution in [2.24, 2.45) is 0 Å². The van der Waals surface area contributed by atoms with Crippen molar-refractivity contribution < 1.29 is 42.9 Å². The number of esters is 2. The zero-order chi connectivity index (χ0) is 51.3. The van der Waals surface area contributed by atoms with Crippen LogP contribution in [-0.2, 0) is 33.3 Å². The molecule has 70 heavy (non-hydrogen) atoms. The Morgan fingerprint density at radius 1 is 0.414 bits per heavy atom. The van der Waals surface area contributed by atoms with Gasteiger partial charge in [0.2, 0.25) is 0 Å². The fourth-order valence-corrected chi connectivity index (χ4v) is 9.07. The molecule has 1 N–H and O–H groups in total. The number of likely N-dealkylation sites (N-methyl/N-ethyl adjacent to an activating group) is 1. The number of hydrogen-bond acceptors (Lipinski definition) is 7. The van der Waals surface area contributed by atoms with Crippen LogP contribution in [0, 0.1) is 0 Å². The molecule has 0 aromatic heterocycles. The van der Waals surface area contributed by atoms with E-state index in [0.717, 1.165) is 51.4 Å². The first-order chi connectivity index (χ1) is 34.1. The molecule has 0 aromatic rings. The average Bonchev–Trinajstić information content (AvgIpc) is 3.33. The van der Waals surface area contributed by atoms with Crippen molar-refractivity contribution >= 4 is 17.9 Å². The van der Waals surface area contributed by atoms with E-state index in [9.17, 15) is 19.5 Å². The Bertz CT molecular complexity index is 1150. The summed E-state index contributed by atoms with van der Waals surface area (Å²) in [4.78, 5) is 37.3. The van der Waals surface area contributed by atoms with Gasteiger partial charge in [0.1, 0.15) is 13.2 Å². The highest BCUT2D eigenvalue weighted by atomic mass is 16.7. The summed E-state index contributed by atoms with van der Waals surface area (Å²) in [6.45, 7) is 4.91. The summed E-state index contributed by atoms with van der Waals surface area (Å²) in [6.07, 6.45) is 58.9. The molecule has 0 spiro atoms. The number of nitrogens with zero attached hydrogens (tertiary/aromatic N) is 1. The maximum absolute atomic E-state index is 12.8. The maximum atomic E-state index is 12.8. The van der Waals surface area contributed by atoms with Gasteiger partial charge >= 0.3 is 17.9 Å². The number of ether oxygens (including phenoxy) is 4. The highest BCUT2D eigenvalue weighted by Gasteiger charge is 2.25. The summed E-state index contributed by atoms with van der Waals surface area (Å²) in [5.41, 5.74) is 0. The van der Waals surface area contributed by atoms with Crippen molar-refractivity contribution in [1.82, 2.24) is 0 Å². The van der Waals surface area contributed by atoms with E-state index in [0.29, 0.717) is 23.9 Å². The Morgan fingerprint density at radius 3 is 1.06 bits per heavy atom. The summed E-state index contributed by atoms with van der Waals surface area (Å²) >= 11 is 0. The summed E-state index contributed by atoms with van der Waals surface area (Å²) < 4.78 is 22.9. The number of aliphatic carboxylic acids is 1. The number of allylic oxidation sites excluding steroid dienone is 2. The SMILES string of the molecule is CCCCCCC/C=C\CCCCCCCC(=O)OC(COC(=O)CCCCCCCCCCCCCCCCCCCCCCCCCCCCCCCCC)COC(OCC[N+](C)(C)C)C(=O)O. The molecule has 0 aliphatic heterocycles. The van der Waals surface area contributed by atoms with Gasteiger partial charge in [-0.25, -0.2) is 4.79 Å². The van der Waals surface area contributed by atoms with E-state index in [1.807, 2.05) is 21.1 Å². The second kappa shape index (κ2) is 53.3. The molecule has 0 rings (SSSR count). The van der Waals surface area contributed by atoms with Crippen molar-refractivity contribution in [2.75, 3.05) is 47.5 Å². The van der Waals surface area contributed by atoms with Gasteiger partial charge in [-0.1, -0.05) is 264 Å². The molecule has 2 unspecified atom stereocenters. The van der Waals surface area contributed by atoms with Crippen LogP contribution in [0.15, 0.2) is 12.2 Å². The lowest BCUT2D eigenvalue weighted by Gasteiger charge is -2.25. The van der Waals surface area contributed by atoms with Crippen molar-refractivity contribution in [3.05, 3.63) is 12.2 Å². The lowest BCUT2D eigenvalue weighted by Crippen LogP contribution is -2.40. The number of carboxylic acid groups (broad SMARTS) is 1. The molecule has 0 saturated carbocycles. The zero-order valence-corrected chi connectivity index (χ0v) is 47.2. The van der Waals surface area contributed by atoms with Gasteiger partial charge in [-0.05, 0) is 38.5 Å². The van der Waals surface area contributed by atoms with Gasteiger partial charge in [0.25, 0.3) is 6.29 Å². The van der Waals surface area contributed by atoms with Crippen LogP contribution in [0.1, 0.15) is 303 Å². The second-order valence-corrected chi connectivity index (χ2v) is 22.0. The lowest BCUT2D eigenvalue weighted by atomic mass is 10.0. The molecule has 9 heteroatoms. The number of rotatable bonds is 57. The van der Waals surface area contributed by atoms with Crippen molar-refractivity contribution in [3.63, 3.8) is 0 Å². The standard InChI is InChI=1S/C61H117NO8/c1-6-8-10-12-14-16-18-20-22-23-24-25-26-27-28-29-30-31-32-33-34-35-36-37-38-40-41-43-45-47-49-51-58(63)68-55-57(56-69-61(60(65)66)67-54-53-62(3,4)5)70-59(64)52-50-48-46-44-42-39-21-19-17-15-13-11-9-7-2/h19,21,57,61H,6-18,20,22-56H2,1-5H3/p+1/b21-19-. The van der Waals surface area contributed by atoms with E-state index >= 15 is 0 Å². The Labute approximate surface area is 434 Å². The van der Waals surface area contributed by atoms with E-state index in [-0.39, 0.29) is 32.2 Å². The Hall–Kier alpha value is -1.97. The predicted molar refractivity (Wildman–Crippen MR) is 295 cm³/mol. The van der Waals surface area contributed by atoms with Crippen LogP contribution in [0.5, 0.6) is 0 Å².